The molecule has 6 nitrogen and oxygen atoms in total. The van der Waals surface area contributed by atoms with Crippen molar-refractivity contribution >= 4 is 28.8 Å². The fourth-order valence-electron chi connectivity index (χ4n) is 4.65. The summed E-state index contributed by atoms with van der Waals surface area (Å²) in [6.45, 7) is 10.2. The number of Topliss-reactive ketones (excluding diaryl/α,β-unsaturated/α-hetero) is 1. The van der Waals surface area contributed by atoms with Gasteiger partial charge in [-0.25, -0.2) is 8.78 Å². The Morgan fingerprint density at radius 3 is 2.21 bits per heavy atom. The molecule has 1 amide bonds. The highest BCUT2D eigenvalue weighted by Gasteiger charge is 2.47. The largest absolute Gasteiger partial charge is 0.507 e. The molecule has 39 heavy (non-hydrogen) atoms. The van der Waals surface area contributed by atoms with E-state index in [4.69, 9.17) is 4.74 Å². The van der Waals surface area contributed by atoms with E-state index in [-0.39, 0.29) is 16.8 Å². The van der Waals surface area contributed by atoms with Gasteiger partial charge in [0.25, 0.3) is 11.7 Å². The highest BCUT2D eigenvalue weighted by Crippen LogP contribution is 2.43. The standard InChI is InChI=1S/C31H32F2N2O4/c1-5-34(6-2)23-12-7-20(8-13-23)28-27(29(36)21-9-14-24(15-10-21)39-18-19(3)4)30(37)31(38)35(28)26-17-22(32)11-16-25(26)33/h7-17,19,28,36H,5-6,18H2,1-4H3/b29-27+. The number of benzene rings is 3. The normalized spacial score (nSPS) is 16.7. The van der Waals surface area contributed by atoms with Crippen molar-refractivity contribution in [3.8, 4) is 5.75 Å². The van der Waals surface area contributed by atoms with Gasteiger partial charge in [-0.2, -0.15) is 0 Å². The first kappa shape index (κ1) is 27.8. The number of aliphatic hydroxyl groups excluding tert-OH is 1. The minimum absolute atomic E-state index is 0.213. The van der Waals surface area contributed by atoms with Gasteiger partial charge in [-0.15, -0.1) is 0 Å². The van der Waals surface area contributed by atoms with E-state index < -0.39 is 35.1 Å². The number of ketones is 1. The Bertz CT molecular complexity index is 1380. The van der Waals surface area contributed by atoms with Gasteiger partial charge < -0.3 is 14.7 Å². The summed E-state index contributed by atoms with van der Waals surface area (Å²) in [4.78, 5) is 29.7. The van der Waals surface area contributed by atoms with Gasteiger partial charge in [-0.05, 0) is 73.9 Å². The third-order valence-corrected chi connectivity index (χ3v) is 6.66. The number of nitrogens with zero attached hydrogens (tertiary/aromatic N) is 2. The SMILES string of the molecule is CCN(CC)c1ccc(C2/C(=C(\O)c3ccc(OCC(C)C)cc3)C(=O)C(=O)N2c2cc(F)ccc2F)cc1. The molecule has 1 fully saturated rings. The van der Waals surface area contributed by atoms with E-state index in [1.54, 1.807) is 36.4 Å². The van der Waals surface area contributed by atoms with E-state index in [9.17, 15) is 23.5 Å². The molecule has 8 heteroatoms. The number of hydrogen-bond acceptors (Lipinski definition) is 5. The quantitative estimate of drug-likeness (QED) is 0.194. The Hall–Kier alpha value is -4.20. The van der Waals surface area contributed by atoms with Gasteiger partial charge in [-0.1, -0.05) is 26.0 Å². The summed E-state index contributed by atoms with van der Waals surface area (Å²) in [7, 11) is 0. The molecular formula is C31H32F2N2O4. The van der Waals surface area contributed by atoms with Crippen molar-refractivity contribution in [1.82, 2.24) is 0 Å². The maximum Gasteiger partial charge on any atom is 0.300 e. The number of anilines is 2. The van der Waals surface area contributed by atoms with Gasteiger partial charge in [0, 0.05) is 30.4 Å². The van der Waals surface area contributed by atoms with Gasteiger partial charge in [0.2, 0.25) is 0 Å². The molecule has 0 saturated carbocycles. The molecule has 3 aromatic rings. The number of hydrogen-bond donors (Lipinski definition) is 1. The second-order valence-electron chi connectivity index (χ2n) is 9.76. The number of halogens is 2. The van der Waals surface area contributed by atoms with Gasteiger partial charge >= 0.3 is 0 Å². The Morgan fingerprint density at radius 1 is 0.974 bits per heavy atom. The molecule has 4 rings (SSSR count). The lowest BCUT2D eigenvalue weighted by Crippen LogP contribution is -2.30. The first-order valence-electron chi connectivity index (χ1n) is 13.0. The number of amides is 1. The fraction of sp³-hybridized carbons (Fsp3) is 0.290. The van der Waals surface area contributed by atoms with Crippen LogP contribution in [-0.2, 0) is 9.59 Å². The molecule has 1 atom stereocenters. The summed E-state index contributed by atoms with van der Waals surface area (Å²) in [6.07, 6.45) is 0. The van der Waals surface area contributed by atoms with E-state index in [1.807, 2.05) is 39.8 Å². The number of carbonyl (C=O) groups excluding carboxylic acids is 2. The van der Waals surface area contributed by atoms with Crippen LogP contribution in [0.1, 0.15) is 44.9 Å². The molecule has 1 aliphatic rings. The van der Waals surface area contributed by atoms with Crippen LogP contribution >= 0.6 is 0 Å². The zero-order valence-corrected chi connectivity index (χ0v) is 22.4. The lowest BCUT2D eigenvalue weighted by molar-refractivity contribution is -0.132. The van der Waals surface area contributed by atoms with Crippen LogP contribution in [0.25, 0.3) is 5.76 Å². The van der Waals surface area contributed by atoms with E-state index in [1.165, 1.54) is 0 Å². The van der Waals surface area contributed by atoms with Crippen LogP contribution in [0, 0.1) is 17.6 Å². The van der Waals surface area contributed by atoms with E-state index in [2.05, 4.69) is 4.90 Å². The average molecular weight is 535 g/mol. The summed E-state index contributed by atoms with van der Waals surface area (Å²) in [5, 5.41) is 11.3. The zero-order valence-electron chi connectivity index (χ0n) is 22.4. The van der Waals surface area contributed by atoms with Crippen LogP contribution in [0.2, 0.25) is 0 Å². The Morgan fingerprint density at radius 2 is 1.62 bits per heavy atom. The van der Waals surface area contributed by atoms with Crippen LogP contribution in [0.5, 0.6) is 5.75 Å². The Labute approximate surface area is 227 Å². The van der Waals surface area contributed by atoms with E-state index in [0.717, 1.165) is 41.9 Å². The van der Waals surface area contributed by atoms with Gasteiger partial charge in [0.15, 0.2) is 0 Å². The fourth-order valence-corrected chi connectivity index (χ4v) is 4.65. The molecular weight excluding hydrogens is 502 g/mol. The minimum Gasteiger partial charge on any atom is -0.507 e. The maximum absolute atomic E-state index is 14.9. The summed E-state index contributed by atoms with van der Waals surface area (Å²) in [5.41, 5.74) is 1.08. The Kier molecular flexibility index (Phi) is 8.33. The lowest BCUT2D eigenvalue weighted by Gasteiger charge is -2.27. The van der Waals surface area contributed by atoms with Gasteiger partial charge in [0.1, 0.15) is 23.1 Å². The number of ether oxygens (including phenoxy) is 1. The van der Waals surface area contributed by atoms with Crippen LogP contribution in [-0.4, -0.2) is 36.5 Å². The smallest absolute Gasteiger partial charge is 0.300 e. The molecule has 0 bridgehead atoms. The molecule has 1 unspecified atom stereocenters. The van der Waals surface area contributed by atoms with Crippen molar-refractivity contribution in [3.63, 3.8) is 0 Å². The number of aliphatic hydroxyl groups is 1. The van der Waals surface area contributed by atoms with E-state index in [0.29, 0.717) is 23.8 Å². The summed E-state index contributed by atoms with van der Waals surface area (Å²) in [5.74, 6) is -3.18. The minimum atomic E-state index is -1.18. The second-order valence-corrected chi connectivity index (χ2v) is 9.76. The van der Waals surface area contributed by atoms with Gasteiger partial charge in [0.05, 0.1) is 23.9 Å². The summed E-state index contributed by atoms with van der Waals surface area (Å²) < 4.78 is 34.8. The summed E-state index contributed by atoms with van der Waals surface area (Å²) in [6, 6.07) is 15.2. The molecule has 3 aromatic carbocycles. The topological polar surface area (TPSA) is 70.1 Å². The van der Waals surface area contributed by atoms with Crippen molar-refractivity contribution in [2.75, 3.05) is 29.5 Å². The predicted octanol–water partition coefficient (Wildman–Crippen LogP) is 6.47. The number of rotatable bonds is 9. The van der Waals surface area contributed by atoms with Crippen molar-refractivity contribution in [3.05, 3.63) is 95.1 Å². The van der Waals surface area contributed by atoms with Crippen molar-refractivity contribution in [2.45, 2.75) is 33.7 Å². The molecule has 1 N–H and O–H groups in total. The average Bonchev–Trinajstić information content (AvgIpc) is 3.19. The van der Waals surface area contributed by atoms with Crippen LogP contribution in [0.3, 0.4) is 0 Å². The van der Waals surface area contributed by atoms with Crippen LogP contribution in [0.15, 0.2) is 72.3 Å². The maximum atomic E-state index is 14.9. The zero-order chi connectivity index (χ0) is 28.3. The molecule has 0 spiro atoms. The highest BCUT2D eigenvalue weighted by molar-refractivity contribution is 6.51. The number of carbonyl (C=O) groups is 2. The third-order valence-electron chi connectivity index (χ3n) is 6.66. The first-order chi connectivity index (χ1) is 18.7. The van der Waals surface area contributed by atoms with Gasteiger partial charge in [-0.3, -0.25) is 14.5 Å². The molecule has 0 aliphatic carbocycles. The second kappa shape index (κ2) is 11.7. The van der Waals surface area contributed by atoms with Crippen molar-refractivity contribution in [1.29, 1.82) is 0 Å². The lowest BCUT2D eigenvalue weighted by atomic mass is 9.94. The molecule has 1 aliphatic heterocycles. The highest BCUT2D eigenvalue weighted by atomic mass is 19.1. The molecule has 1 saturated heterocycles. The van der Waals surface area contributed by atoms with Crippen molar-refractivity contribution in [2.24, 2.45) is 5.92 Å². The molecule has 0 radical (unpaired) electrons. The molecule has 204 valence electrons. The van der Waals surface area contributed by atoms with Crippen LogP contribution < -0.4 is 14.5 Å². The van der Waals surface area contributed by atoms with Crippen molar-refractivity contribution < 1.29 is 28.2 Å². The van der Waals surface area contributed by atoms with E-state index >= 15 is 0 Å². The molecule has 0 aromatic heterocycles. The third kappa shape index (κ3) is 5.65. The van der Waals surface area contributed by atoms with Crippen LogP contribution in [0.4, 0.5) is 20.2 Å². The monoisotopic (exact) mass is 534 g/mol. The predicted molar refractivity (Wildman–Crippen MR) is 148 cm³/mol. The Balaban J connectivity index is 1.84. The molecule has 1 heterocycles. The summed E-state index contributed by atoms with van der Waals surface area (Å²) >= 11 is 0. The first-order valence-corrected chi connectivity index (χ1v) is 13.0.